The SMILES string of the molecule is Nc1nsc(N2CCCC(CCO)C2)n1. The standard InChI is InChI=1S/C9H16N4OS/c10-8-11-9(15-12-8)13-4-1-2-7(6-13)3-5-14/h7,14H,1-6H2,(H2,10,12). The van der Waals surface area contributed by atoms with Crippen molar-refractivity contribution in [3.8, 4) is 0 Å². The fourth-order valence-corrected chi connectivity index (χ4v) is 2.64. The van der Waals surface area contributed by atoms with E-state index < -0.39 is 0 Å². The molecule has 1 aromatic heterocycles. The Balaban J connectivity index is 1.98. The number of nitrogen functional groups attached to an aromatic ring is 1. The van der Waals surface area contributed by atoms with Crippen molar-refractivity contribution in [1.29, 1.82) is 0 Å². The van der Waals surface area contributed by atoms with Gasteiger partial charge in [0.15, 0.2) is 0 Å². The molecule has 3 N–H and O–H groups in total. The van der Waals surface area contributed by atoms with Gasteiger partial charge in [0, 0.05) is 31.2 Å². The molecular weight excluding hydrogens is 212 g/mol. The lowest BCUT2D eigenvalue weighted by molar-refractivity contribution is 0.244. The van der Waals surface area contributed by atoms with Crippen LogP contribution >= 0.6 is 11.5 Å². The number of hydrogen-bond acceptors (Lipinski definition) is 6. The lowest BCUT2D eigenvalue weighted by atomic mass is 9.95. The van der Waals surface area contributed by atoms with E-state index in [-0.39, 0.29) is 6.61 Å². The number of nitrogens with zero attached hydrogens (tertiary/aromatic N) is 3. The average Bonchev–Trinajstić information content (AvgIpc) is 2.66. The predicted octanol–water partition coefficient (Wildman–Crippen LogP) is 0.719. The minimum Gasteiger partial charge on any atom is -0.396 e. The van der Waals surface area contributed by atoms with Gasteiger partial charge in [-0.2, -0.15) is 9.36 Å². The predicted molar refractivity (Wildman–Crippen MR) is 61.0 cm³/mol. The zero-order valence-electron chi connectivity index (χ0n) is 8.59. The zero-order chi connectivity index (χ0) is 10.7. The molecule has 0 radical (unpaired) electrons. The van der Waals surface area contributed by atoms with Crippen molar-refractivity contribution in [2.75, 3.05) is 30.3 Å². The Morgan fingerprint density at radius 1 is 1.60 bits per heavy atom. The van der Waals surface area contributed by atoms with Crippen LogP contribution in [0.5, 0.6) is 0 Å². The summed E-state index contributed by atoms with van der Waals surface area (Å²) in [6.07, 6.45) is 3.24. The summed E-state index contributed by atoms with van der Waals surface area (Å²) < 4.78 is 3.98. The number of aliphatic hydroxyl groups excluding tert-OH is 1. The van der Waals surface area contributed by atoms with E-state index in [2.05, 4.69) is 14.3 Å². The third kappa shape index (κ3) is 2.57. The quantitative estimate of drug-likeness (QED) is 0.797. The van der Waals surface area contributed by atoms with Crippen molar-refractivity contribution in [2.24, 2.45) is 5.92 Å². The Kier molecular flexibility index (Phi) is 3.37. The van der Waals surface area contributed by atoms with Crippen LogP contribution in [0, 0.1) is 5.92 Å². The highest BCUT2D eigenvalue weighted by atomic mass is 32.1. The van der Waals surface area contributed by atoms with Gasteiger partial charge in [-0.05, 0) is 25.2 Å². The molecule has 2 heterocycles. The summed E-state index contributed by atoms with van der Waals surface area (Å²) >= 11 is 1.35. The minimum absolute atomic E-state index is 0.275. The van der Waals surface area contributed by atoms with Gasteiger partial charge in [0.2, 0.25) is 11.1 Å². The lowest BCUT2D eigenvalue weighted by Crippen LogP contribution is -2.35. The third-order valence-electron chi connectivity index (χ3n) is 2.76. The first-order chi connectivity index (χ1) is 7.29. The van der Waals surface area contributed by atoms with Gasteiger partial charge in [0.05, 0.1) is 0 Å². The van der Waals surface area contributed by atoms with E-state index in [0.29, 0.717) is 11.9 Å². The normalized spacial score (nSPS) is 21.9. The van der Waals surface area contributed by atoms with Gasteiger partial charge < -0.3 is 15.7 Å². The number of rotatable bonds is 3. The molecule has 15 heavy (non-hydrogen) atoms. The highest BCUT2D eigenvalue weighted by Crippen LogP contribution is 2.26. The molecule has 1 atom stereocenters. The molecule has 0 bridgehead atoms. The van der Waals surface area contributed by atoms with Gasteiger partial charge in [-0.25, -0.2) is 0 Å². The van der Waals surface area contributed by atoms with E-state index in [1.54, 1.807) is 0 Å². The highest BCUT2D eigenvalue weighted by Gasteiger charge is 2.21. The van der Waals surface area contributed by atoms with Gasteiger partial charge in [-0.15, -0.1) is 0 Å². The van der Waals surface area contributed by atoms with Crippen molar-refractivity contribution >= 4 is 22.6 Å². The summed E-state index contributed by atoms with van der Waals surface area (Å²) in [5, 5.41) is 9.83. The number of aliphatic hydroxyl groups is 1. The first-order valence-electron chi connectivity index (χ1n) is 5.24. The van der Waals surface area contributed by atoms with E-state index in [0.717, 1.165) is 31.1 Å². The van der Waals surface area contributed by atoms with Gasteiger partial charge in [-0.3, -0.25) is 0 Å². The van der Waals surface area contributed by atoms with E-state index in [9.17, 15) is 0 Å². The molecule has 0 spiro atoms. The van der Waals surface area contributed by atoms with E-state index in [1.807, 2.05) is 0 Å². The van der Waals surface area contributed by atoms with Crippen LogP contribution in [0.4, 0.5) is 11.1 Å². The van der Waals surface area contributed by atoms with Crippen LogP contribution in [0.1, 0.15) is 19.3 Å². The van der Waals surface area contributed by atoms with Crippen molar-refractivity contribution in [1.82, 2.24) is 9.36 Å². The molecule has 0 aliphatic carbocycles. The molecular formula is C9H16N4OS. The van der Waals surface area contributed by atoms with Gasteiger partial charge >= 0.3 is 0 Å². The van der Waals surface area contributed by atoms with Crippen LogP contribution in [0.15, 0.2) is 0 Å². The van der Waals surface area contributed by atoms with Crippen molar-refractivity contribution in [2.45, 2.75) is 19.3 Å². The van der Waals surface area contributed by atoms with E-state index >= 15 is 0 Å². The molecule has 84 valence electrons. The number of nitrogens with two attached hydrogens (primary N) is 1. The molecule has 0 aromatic carbocycles. The number of aromatic nitrogens is 2. The maximum atomic E-state index is 8.92. The Hall–Kier alpha value is -0.880. The average molecular weight is 228 g/mol. The largest absolute Gasteiger partial charge is 0.396 e. The van der Waals surface area contributed by atoms with Crippen molar-refractivity contribution < 1.29 is 5.11 Å². The second kappa shape index (κ2) is 4.76. The number of anilines is 2. The molecule has 2 rings (SSSR count). The first-order valence-corrected chi connectivity index (χ1v) is 6.02. The fraction of sp³-hybridized carbons (Fsp3) is 0.778. The summed E-state index contributed by atoms with van der Waals surface area (Å²) in [4.78, 5) is 6.40. The van der Waals surface area contributed by atoms with Crippen LogP contribution in [-0.2, 0) is 0 Å². The molecule has 1 aromatic rings. The minimum atomic E-state index is 0.275. The Labute approximate surface area is 93.1 Å². The highest BCUT2D eigenvalue weighted by molar-refractivity contribution is 7.09. The zero-order valence-corrected chi connectivity index (χ0v) is 9.41. The van der Waals surface area contributed by atoms with E-state index in [4.69, 9.17) is 10.8 Å². The topological polar surface area (TPSA) is 75.3 Å². The molecule has 1 fully saturated rings. The summed E-state index contributed by atoms with van der Waals surface area (Å²) in [6.45, 7) is 2.27. The summed E-state index contributed by atoms with van der Waals surface area (Å²) in [5.41, 5.74) is 5.50. The van der Waals surface area contributed by atoms with Crippen molar-refractivity contribution in [3.05, 3.63) is 0 Å². The second-order valence-electron chi connectivity index (χ2n) is 3.90. The maximum absolute atomic E-state index is 8.92. The van der Waals surface area contributed by atoms with Crippen LogP contribution in [0.25, 0.3) is 0 Å². The molecule has 1 aliphatic rings. The molecule has 1 unspecified atom stereocenters. The van der Waals surface area contributed by atoms with Crippen LogP contribution in [0.3, 0.4) is 0 Å². The van der Waals surface area contributed by atoms with Gasteiger partial charge in [-0.1, -0.05) is 0 Å². The van der Waals surface area contributed by atoms with Crippen molar-refractivity contribution in [3.63, 3.8) is 0 Å². The molecule has 0 amide bonds. The summed E-state index contributed by atoms with van der Waals surface area (Å²) in [5.74, 6) is 0.938. The molecule has 6 heteroatoms. The van der Waals surface area contributed by atoms with Crippen LogP contribution < -0.4 is 10.6 Å². The molecule has 1 saturated heterocycles. The molecule has 0 saturated carbocycles. The summed E-state index contributed by atoms with van der Waals surface area (Å²) in [7, 11) is 0. The Morgan fingerprint density at radius 3 is 3.13 bits per heavy atom. The maximum Gasteiger partial charge on any atom is 0.233 e. The van der Waals surface area contributed by atoms with Gasteiger partial charge in [0.25, 0.3) is 0 Å². The van der Waals surface area contributed by atoms with Gasteiger partial charge in [0.1, 0.15) is 0 Å². The Bertz CT molecular complexity index is 315. The molecule has 5 nitrogen and oxygen atoms in total. The van der Waals surface area contributed by atoms with Crippen LogP contribution in [0.2, 0.25) is 0 Å². The van der Waals surface area contributed by atoms with Crippen LogP contribution in [-0.4, -0.2) is 34.2 Å². The number of piperidine rings is 1. The first kappa shape index (κ1) is 10.6. The summed E-state index contributed by atoms with van der Waals surface area (Å²) in [6, 6.07) is 0. The fourth-order valence-electron chi connectivity index (χ4n) is 2.01. The van der Waals surface area contributed by atoms with E-state index in [1.165, 1.54) is 18.0 Å². The smallest absolute Gasteiger partial charge is 0.233 e. The monoisotopic (exact) mass is 228 g/mol. The second-order valence-corrected chi connectivity index (χ2v) is 4.63. The molecule has 1 aliphatic heterocycles. The lowest BCUT2D eigenvalue weighted by Gasteiger charge is -2.31. The third-order valence-corrected chi connectivity index (χ3v) is 3.55. The Morgan fingerprint density at radius 2 is 2.47 bits per heavy atom. The number of hydrogen-bond donors (Lipinski definition) is 2.